The number of tetrazole rings is 1. The van der Waals surface area contributed by atoms with Crippen LogP contribution in [0.2, 0.25) is 0 Å². The van der Waals surface area contributed by atoms with Crippen molar-refractivity contribution in [1.29, 1.82) is 0 Å². The molecule has 0 amide bonds. The Labute approximate surface area is 109 Å². The van der Waals surface area contributed by atoms with Crippen molar-refractivity contribution in [3.8, 4) is 0 Å². The van der Waals surface area contributed by atoms with E-state index in [-0.39, 0.29) is 12.5 Å². The Morgan fingerprint density at radius 1 is 1.50 bits per heavy atom. The third kappa shape index (κ3) is 2.23. The second-order valence-corrected chi connectivity index (χ2v) is 6.23. The van der Waals surface area contributed by atoms with Crippen LogP contribution in [0.1, 0.15) is 25.7 Å². The first kappa shape index (κ1) is 12.0. The quantitative estimate of drug-likeness (QED) is 0.762. The molecule has 6 nitrogen and oxygen atoms in total. The van der Waals surface area contributed by atoms with Gasteiger partial charge in [-0.25, -0.2) is 4.68 Å². The molecule has 2 saturated carbocycles. The van der Waals surface area contributed by atoms with Crippen LogP contribution in [0.3, 0.4) is 0 Å². The zero-order valence-electron chi connectivity index (χ0n) is 10.3. The van der Waals surface area contributed by atoms with Gasteiger partial charge in [0.05, 0.1) is 7.11 Å². The summed E-state index contributed by atoms with van der Waals surface area (Å²) in [5.41, 5.74) is 0. The van der Waals surface area contributed by atoms with Gasteiger partial charge in [0.2, 0.25) is 5.16 Å². The lowest BCUT2D eigenvalue weighted by Crippen LogP contribution is -2.17. The zero-order chi connectivity index (χ0) is 12.5. The highest BCUT2D eigenvalue weighted by Crippen LogP contribution is 2.50. The maximum Gasteiger partial charge on any atom is 0.327 e. The fourth-order valence-electron chi connectivity index (χ4n) is 3.03. The molecule has 7 heteroatoms. The summed E-state index contributed by atoms with van der Waals surface area (Å²) in [4.78, 5) is 11.2. The molecule has 3 atom stereocenters. The average molecular weight is 268 g/mol. The zero-order valence-corrected chi connectivity index (χ0v) is 11.1. The molecular weight excluding hydrogens is 252 g/mol. The number of hydrogen-bond donors (Lipinski definition) is 0. The molecule has 18 heavy (non-hydrogen) atoms. The van der Waals surface area contributed by atoms with Crippen LogP contribution in [0, 0.1) is 11.8 Å². The third-order valence-electron chi connectivity index (χ3n) is 3.94. The van der Waals surface area contributed by atoms with Crippen LogP contribution in [0.15, 0.2) is 5.16 Å². The van der Waals surface area contributed by atoms with Crippen LogP contribution in [-0.2, 0) is 16.1 Å². The van der Waals surface area contributed by atoms with Crippen molar-refractivity contribution in [2.24, 2.45) is 11.8 Å². The topological polar surface area (TPSA) is 69.9 Å². The second kappa shape index (κ2) is 4.87. The summed E-state index contributed by atoms with van der Waals surface area (Å²) in [5.74, 6) is 1.39. The summed E-state index contributed by atoms with van der Waals surface area (Å²) in [6.07, 6.45) is 5.34. The summed E-state index contributed by atoms with van der Waals surface area (Å²) in [6.45, 7) is 0.0899. The van der Waals surface area contributed by atoms with Crippen LogP contribution in [0.25, 0.3) is 0 Å². The molecule has 1 aromatic rings. The van der Waals surface area contributed by atoms with Gasteiger partial charge in [0.15, 0.2) is 0 Å². The molecule has 3 unspecified atom stereocenters. The van der Waals surface area contributed by atoms with Gasteiger partial charge in [-0.05, 0) is 41.5 Å². The minimum absolute atomic E-state index is 0.0899. The normalized spacial score (nSPS) is 29.7. The fourth-order valence-corrected chi connectivity index (χ4v) is 4.42. The van der Waals surface area contributed by atoms with Crippen molar-refractivity contribution in [3.05, 3.63) is 0 Å². The maximum absolute atomic E-state index is 11.2. The van der Waals surface area contributed by atoms with E-state index in [1.54, 1.807) is 11.8 Å². The monoisotopic (exact) mass is 268 g/mol. The lowest BCUT2D eigenvalue weighted by molar-refractivity contribution is -0.141. The van der Waals surface area contributed by atoms with Crippen LogP contribution >= 0.6 is 11.8 Å². The Bertz CT molecular complexity index is 450. The van der Waals surface area contributed by atoms with Crippen LogP contribution < -0.4 is 0 Å². The molecule has 1 heterocycles. The number of nitrogens with zero attached hydrogens (tertiary/aromatic N) is 4. The van der Waals surface area contributed by atoms with Crippen LogP contribution in [0.5, 0.6) is 0 Å². The first-order valence-corrected chi connectivity index (χ1v) is 7.14. The fraction of sp³-hybridized carbons (Fsp3) is 0.818. The van der Waals surface area contributed by atoms with E-state index in [0.717, 1.165) is 17.0 Å². The molecule has 2 aliphatic rings. The van der Waals surface area contributed by atoms with Crippen LogP contribution in [0.4, 0.5) is 0 Å². The summed E-state index contributed by atoms with van der Waals surface area (Å²) in [6, 6.07) is 0. The highest BCUT2D eigenvalue weighted by atomic mass is 32.2. The predicted octanol–water partition coefficient (Wildman–Crippen LogP) is 1.13. The molecule has 0 spiro atoms. The Kier molecular flexibility index (Phi) is 3.23. The van der Waals surface area contributed by atoms with Gasteiger partial charge in [0.1, 0.15) is 6.54 Å². The van der Waals surface area contributed by atoms with Gasteiger partial charge in [-0.15, -0.1) is 5.10 Å². The van der Waals surface area contributed by atoms with Crippen molar-refractivity contribution >= 4 is 17.7 Å². The molecule has 0 N–H and O–H groups in total. The number of methoxy groups -OCH3 is 1. The Balaban J connectivity index is 1.66. The van der Waals surface area contributed by atoms with E-state index in [4.69, 9.17) is 0 Å². The molecule has 2 aliphatic carbocycles. The Hall–Kier alpha value is -1.11. The number of thioether (sulfide) groups is 1. The van der Waals surface area contributed by atoms with E-state index in [1.165, 1.54) is 37.5 Å². The van der Waals surface area contributed by atoms with Gasteiger partial charge in [0.25, 0.3) is 0 Å². The minimum atomic E-state index is -0.322. The molecule has 98 valence electrons. The number of rotatable bonds is 4. The molecule has 2 bridgehead atoms. The van der Waals surface area contributed by atoms with Gasteiger partial charge >= 0.3 is 5.97 Å². The predicted molar refractivity (Wildman–Crippen MR) is 64.9 cm³/mol. The van der Waals surface area contributed by atoms with Crippen molar-refractivity contribution in [2.45, 2.75) is 42.6 Å². The first-order chi connectivity index (χ1) is 8.76. The molecule has 0 radical (unpaired) electrons. The number of carbonyl (C=O) groups excluding carboxylic acids is 1. The van der Waals surface area contributed by atoms with Crippen molar-refractivity contribution in [1.82, 2.24) is 20.2 Å². The number of aromatic nitrogens is 4. The number of ether oxygens (including phenoxy) is 1. The van der Waals surface area contributed by atoms with Gasteiger partial charge in [-0.2, -0.15) is 0 Å². The average Bonchev–Trinajstić information content (AvgIpc) is 3.07. The Morgan fingerprint density at radius 2 is 2.39 bits per heavy atom. The van der Waals surface area contributed by atoms with Crippen molar-refractivity contribution in [3.63, 3.8) is 0 Å². The third-order valence-corrected chi connectivity index (χ3v) is 5.32. The number of fused-ring (bicyclic) bond motifs is 2. The molecular formula is C11H16N4O2S. The molecule has 3 rings (SSSR count). The van der Waals surface area contributed by atoms with Crippen LogP contribution in [-0.4, -0.2) is 38.5 Å². The number of hydrogen-bond acceptors (Lipinski definition) is 6. The first-order valence-electron chi connectivity index (χ1n) is 6.26. The van der Waals surface area contributed by atoms with E-state index in [9.17, 15) is 4.79 Å². The minimum Gasteiger partial charge on any atom is -0.468 e. The lowest BCUT2D eigenvalue weighted by Gasteiger charge is -2.19. The highest BCUT2D eigenvalue weighted by Gasteiger charge is 2.40. The van der Waals surface area contributed by atoms with Gasteiger partial charge < -0.3 is 4.74 Å². The van der Waals surface area contributed by atoms with E-state index in [1.807, 2.05) is 0 Å². The highest BCUT2D eigenvalue weighted by molar-refractivity contribution is 7.99. The lowest BCUT2D eigenvalue weighted by atomic mass is 10.0. The second-order valence-electron chi connectivity index (χ2n) is 5.03. The molecule has 0 saturated heterocycles. The van der Waals surface area contributed by atoms with Crippen molar-refractivity contribution in [2.75, 3.05) is 7.11 Å². The number of esters is 1. The number of carbonyl (C=O) groups is 1. The molecule has 2 fully saturated rings. The maximum atomic E-state index is 11.2. The standard InChI is InChI=1S/C11H16N4O2S/c1-17-10(16)6-15-11(12-13-14-15)18-9-5-7-2-3-8(9)4-7/h7-9H,2-6H2,1H3. The van der Waals surface area contributed by atoms with Gasteiger partial charge in [-0.3, -0.25) is 4.79 Å². The van der Waals surface area contributed by atoms with Gasteiger partial charge in [-0.1, -0.05) is 18.2 Å². The summed E-state index contributed by atoms with van der Waals surface area (Å²) in [7, 11) is 1.37. The van der Waals surface area contributed by atoms with E-state index >= 15 is 0 Å². The largest absolute Gasteiger partial charge is 0.468 e. The summed E-state index contributed by atoms with van der Waals surface area (Å²) in [5, 5.41) is 12.8. The van der Waals surface area contributed by atoms with E-state index in [0.29, 0.717) is 5.25 Å². The molecule has 0 aliphatic heterocycles. The molecule has 1 aromatic heterocycles. The van der Waals surface area contributed by atoms with E-state index in [2.05, 4.69) is 20.3 Å². The summed E-state index contributed by atoms with van der Waals surface area (Å²) >= 11 is 1.72. The SMILES string of the molecule is COC(=O)Cn1nnnc1SC1CC2CCC1C2. The summed E-state index contributed by atoms with van der Waals surface area (Å²) < 4.78 is 6.16. The Morgan fingerprint density at radius 3 is 3.06 bits per heavy atom. The van der Waals surface area contributed by atoms with Crippen molar-refractivity contribution < 1.29 is 9.53 Å². The smallest absolute Gasteiger partial charge is 0.327 e. The van der Waals surface area contributed by atoms with Gasteiger partial charge in [0, 0.05) is 5.25 Å². The van der Waals surface area contributed by atoms with E-state index < -0.39 is 0 Å². The molecule has 0 aromatic carbocycles.